The van der Waals surface area contributed by atoms with Crippen molar-refractivity contribution in [3.05, 3.63) is 190 Å². The lowest BCUT2D eigenvalue weighted by molar-refractivity contribution is -0.139. The average molecular weight is 1320 g/mol. The molecule has 2 unspecified atom stereocenters. The highest BCUT2D eigenvalue weighted by Crippen LogP contribution is 2.58. The van der Waals surface area contributed by atoms with Gasteiger partial charge in [0, 0.05) is 67.4 Å². The molecular weight excluding hydrogens is 1270 g/mol. The van der Waals surface area contributed by atoms with Crippen LogP contribution in [0.3, 0.4) is 0 Å². The zero-order valence-corrected chi connectivity index (χ0v) is 51.9. The lowest BCUT2D eigenvalue weighted by Crippen LogP contribution is -2.54. The summed E-state index contributed by atoms with van der Waals surface area (Å²) in [6, 6.07) is 21.4. The van der Waals surface area contributed by atoms with Gasteiger partial charge in [0.15, 0.2) is 0 Å². The minimum absolute atomic E-state index is 0.0877. The fraction of sp³-hybridized carbons (Fsp3) is 0.200. The Hall–Kier alpha value is -10.6. The molecule has 0 bridgehead atoms. The van der Waals surface area contributed by atoms with Gasteiger partial charge >= 0.3 is 11.9 Å². The number of nitrogens with one attached hydrogen (secondary N) is 2. The van der Waals surface area contributed by atoms with Crippen molar-refractivity contribution in [3.8, 4) is 46.0 Å². The molecule has 9 aromatic rings. The largest absolute Gasteiger partial charge is 0.460 e. The van der Waals surface area contributed by atoms with Gasteiger partial charge in [-0.15, -0.1) is 0 Å². The van der Waals surface area contributed by atoms with Crippen molar-refractivity contribution in [1.82, 2.24) is 20.4 Å². The lowest BCUT2D eigenvalue weighted by atomic mass is 9.80. The van der Waals surface area contributed by atoms with E-state index in [1.165, 1.54) is 72.8 Å². The summed E-state index contributed by atoms with van der Waals surface area (Å²) in [7, 11) is 0. The Kier molecular flexibility index (Phi) is 18.3. The lowest BCUT2D eigenvalue weighted by Gasteiger charge is -2.36. The quantitative estimate of drug-likeness (QED) is 0.0109. The molecule has 2 atom stereocenters. The van der Waals surface area contributed by atoms with E-state index in [1.807, 2.05) is 0 Å². The molecule has 94 heavy (non-hydrogen) atoms. The van der Waals surface area contributed by atoms with E-state index >= 15 is 36.7 Å². The van der Waals surface area contributed by atoms with Crippen molar-refractivity contribution >= 4 is 114 Å². The number of carbonyl (C=O) groups is 8. The molecule has 0 spiro atoms. The number of benzene rings is 9. The van der Waals surface area contributed by atoms with Crippen LogP contribution in [-0.2, 0) is 28.7 Å². The van der Waals surface area contributed by atoms with Crippen molar-refractivity contribution in [3.63, 3.8) is 0 Å². The van der Waals surface area contributed by atoms with Crippen molar-refractivity contribution in [2.75, 3.05) is 26.3 Å². The van der Waals surface area contributed by atoms with E-state index in [2.05, 4.69) is 23.8 Å². The SMILES string of the molecule is C=C(Cl)C(=O)OCCNC(=O)C(CC(C)C)N1C(=O)c2cc(Oc3cccc(F)c3)c3c4c(Oc5cccc(F)c5)cc5c6c(cc(Oc7cccc(F)c7)c(c7c(Oc8cccc(F)c8)cc(c2c37)C1=O)c64)C(=O)N(C(CC(C)C)C(=O)NCCOC(=O)C(=C)Cl)C5=O. The van der Waals surface area contributed by atoms with Gasteiger partial charge in [0.1, 0.15) is 105 Å². The molecule has 0 aromatic heterocycles. The van der Waals surface area contributed by atoms with Crippen LogP contribution in [0.25, 0.3) is 43.1 Å². The highest BCUT2D eigenvalue weighted by Gasteiger charge is 2.46. The molecule has 11 rings (SSSR count). The van der Waals surface area contributed by atoms with Gasteiger partial charge in [-0.25, -0.2) is 27.2 Å². The second-order valence-electron chi connectivity index (χ2n) is 22.8. The van der Waals surface area contributed by atoms with E-state index in [-0.39, 0.29) is 162 Å². The number of amides is 6. The first-order chi connectivity index (χ1) is 44.9. The maximum Gasteiger partial charge on any atom is 0.349 e. The van der Waals surface area contributed by atoms with Crippen LogP contribution in [0.2, 0.25) is 0 Å². The predicted octanol–water partition coefficient (Wildman–Crippen LogP) is 14.3. The number of hydrogen-bond acceptors (Lipinski definition) is 14. The Morgan fingerprint density at radius 2 is 0.691 bits per heavy atom. The molecule has 0 saturated carbocycles. The van der Waals surface area contributed by atoms with Gasteiger partial charge in [-0.05, 0) is 97.5 Å². The summed E-state index contributed by atoms with van der Waals surface area (Å²) in [6.45, 7) is 12.3. The molecule has 2 heterocycles. The number of hydrogen-bond donors (Lipinski definition) is 2. The van der Waals surface area contributed by atoms with E-state index in [0.29, 0.717) is 0 Å². The fourth-order valence-corrected chi connectivity index (χ4v) is 11.8. The van der Waals surface area contributed by atoms with E-state index in [0.717, 1.165) is 58.3 Å². The van der Waals surface area contributed by atoms with Gasteiger partial charge in [-0.2, -0.15) is 0 Å². The third-order valence-corrected chi connectivity index (χ3v) is 15.7. The number of esters is 2. The van der Waals surface area contributed by atoms with Crippen LogP contribution >= 0.6 is 23.2 Å². The number of ether oxygens (including phenoxy) is 6. The van der Waals surface area contributed by atoms with Crippen molar-refractivity contribution in [2.24, 2.45) is 11.8 Å². The van der Waals surface area contributed by atoms with Crippen molar-refractivity contribution in [1.29, 1.82) is 0 Å². The van der Waals surface area contributed by atoms with Gasteiger partial charge in [0.05, 0.1) is 35.3 Å². The summed E-state index contributed by atoms with van der Waals surface area (Å²) < 4.78 is 99.1. The van der Waals surface area contributed by atoms with Crippen LogP contribution in [0, 0.1) is 35.1 Å². The van der Waals surface area contributed by atoms with Crippen molar-refractivity contribution in [2.45, 2.75) is 52.6 Å². The first-order valence-electron chi connectivity index (χ1n) is 29.3. The van der Waals surface area contributed by atoms with E-state index in [1.54, 1.807) is 27.7 Å². The van der Waals surface area contributed by atoms with Gasteiger partial charge in [0.25, 0.3) is 23.6 Å². The van der Waals surface area contributed by atoms with Crippen LogP contribution < -0.4 is 29.6 Å². The first kappa shape index (κ1) is 64.9. The topological polar surface area (TPSA) is 222 Å². The smallest absolute Gasteiger partial charge is 0.349 e. The molecule has 2 aliphatic rings. The molecule has 0 saturated heterocycles. The predicted molar refractivity (Wildman–Crippen MR) is 339 cm³/mol. The molecule has 6 amide bonds. The highest BCUT2D eigenvalue weighted by molar-refractivity contribution is 6.45. The number of carbonyl (C=O) groups excluding carboxylic acids is 8. The minimum atomic E-state index is -1.58. The second kappa shape index (κ2) is 26.6. The summed E-state index contributed by atoms with van der Waals surface area (Å²) in [5, 5.41) is 3.60. The van der Waals surface area contributed by atoms with Crippen molar-refractivity contribution < 1.29 is 84.3 Å². The zero-order valence-electron chi connectivity index (χ0n) is 50.4. The molecule has 24 heteroatoms. The Morgan fingerprint density at radius 3 is 0.926 bits per heavy atom. The highest BCUT2D eigenvalue weighted by atomic mass is 35.5. The monoisotopic (exact) mass is 1320 g/mol. The Bertz CT molecular complexity index is 4200. The molecule has 480 valence electrons. The third kappa shape index (κ3) is 12.7. The average Bonchev–Trinajstić information content (AvgIpc) is 0.673. The molecule has 0 fully saturated rings. The van der Waals surface area contributed by atoms with Crippen LogP contribution in [0.1, 0.15) is 82.0 Å². The normalized spacial score (nSPS) is 13.4. The maximum absolute atomic E-state index is 15.9. The summed E-state index contributed by atoms with van der Waals surface area (Å²) in [5.74, 6) is -13.5. The second-order valence-corrected chi connectivity index (χ2v) is 23.8. The zero-order chi connectivity index (χ0) is 67.1. The number of nitrogens with zero attached hydrogens (tertiary/aromatic N) is 2. The summed E-state index contributed by atoms with van der Waals surface area (Å²) in [5.41, 5.74) is -1.16. The summed E-state index contributed by atoms with van der Waals surface area (Å²) in [4.78, 5) is 118. The van der Waals surface area contributed by atoms with Gasteiger partial charge in [-0.3, -0.25) is 38.6 Å². The Morgan fingerprint density at radius 1 is 0.426 bits per heavy atom. The van der Waals surface area contributed by atoms with Crippen LogP contribution in [0.5, 0.6) is 46.0 Å². The maximum atomic E-state index is 15.9. The number of rotatable bonds is 24. The van der Waals surface area contributed by atoms with E-state index < -0.39 is 92.8 Å². The summed E-state index contributed by atoms with van der Waals surface area (Å²) in [6.07, 6.45) is -0.254. The molecule has 0 aliphatic carbocycles. The molecule has 18 nitrogen and oxygen atoms in total. The Balaban J connectivity index is 1.28. The molecular formula is C70H54Cl2F4N4O14. The van der Waals surface area contributed by atoms with Gasteiger partial charge in [0.2, 0.25) is 11.8 Å². The fourth-order valence-electron chi connectivity index (χ4n) is 11.6. The molecule has 2 aliphatic heterocycles. The van der Waals surface area contributed by atoms with Gasteiger partial charge in [-0.1, -0.05) is 88.3 Å². The standard InChI is InChI=1S/C70H54Cl2F4N4O14/c1-33(2)23-49(63(81)77-19-21-89-69(87)35(5)71)79-65(83)45-29-51(91-41-15-7-11-37(73)25-41)57-59-53(93-43-17-9-13-39(75)27-43)31-47-56-48(68(86)80(67(47)85)50(24-34(3)4)64(82)78-20-22-90-70(88)36(6)72)32-54(94-44-18-10-14-40(76)28-44)60(62(56)59)58-52(92-42-16-8-12-38(74)26-42)30-46(66(79)84)55(45)61(57)58/h7-18,25-34,49-50H,5-6,19-24H2,1-4H3,(H,77,81)(H,78,82). The van der Waals surface area contributed by atoms with E-state index in [4.69, 9.17) is 51.6 Å². The van der Waals surface area contributed by atoms with E-state index in [9.17, 15) is 19.2 Å². The number of imide groups is 2. The molecule has 9 aromatic carbocycles. The Labute approximate surface area is 542 Å². The number of halogens is 6. The number of fused-ring (bicyclic) bond motifs is 2. The minimum Gasteiger partial charge on any atom is -0.460 e. The first-order valence-corrected chi connectivity index (χ1v) is 30.1. The summed E-state index contributed by atoms with van der Waals surface area (Å²) >= 11 is 11.4. The van der Waals surface area contributed by atoms with Crippen LogP contribution in [-0.4, -0.2) is 95.6 Å². The molecule has 0 radical (unpaired) electrons. The third-order valence-electron chi connectivity index (χ3n) is 15.4. The molecule has 2 N–H and O–H groups in total. The van der Waals surface area contributed by atoms with Crippen LogP contribution in [0.15, 0.2) is 145 Å². The van der Waals surface area contributed by atoms with Crippen LogP contribution in [0.4, 0.5) is 17.6 Å². The van der Waals surface area contributed by atoms with Gasteiger partial charge < -0.3 is 39.1 Å².